The number of benzene rings is 4. The lowest BCUT2D eigenvalue weighted by atomic mass is 9.98. The van der Waals surface area contributed by atoms with Crippen LogP contribution < -0.4 is 26.2 Å². The number of thioether (sulfide) groups is 1. The zero-order valence-corrected chi connectivity index (χ0v) is 28.7. The van der Waals surface area contributed by atoms with E-state index in [-0.39, 0.29) is 24.3 Å². The largest absolute Gasteiger partial charge is 0.460 e. The van der Waals surface area contributed by atoms with Gasteiger partial charge in [0.1, 0.15) is 17.4 Å². The number of carbonyl (C=O) groups is 3. The highest BCUT2D eigenvalue weighted by molar-refractivity contribution is 7.99. The Morgan fingerprint density at radius 1 is 0.918 bits per heavy atom. The number of fused-ring (bicyclic) bond motifs is 2. The Balaban J connectivity index is 1.13. The summed E-state index contributed by atoms with van der Waals surface area (Å²) in [4.78, 5) is 42.1. The Hall–Kier alpha value is -5.06. The molecule has 1 aliphatic heterocycles. The fraction of sp³-hybridized carbons (Fsp3) is 0.256. The predicted molar refractivity (Wildman–Crippen MR) is 195 cm³/mol. The smallest absolute Gasteiger partial charge is 0.314 e. The number of hydrogen-bond acceptors (Lipinski definition) is 6. The van der Waals surface area contributed by atoms with E-state index in [1.807, 2.05) is 117 Å². The number of carbonyl (C=O) groups excluding carboxylic acids is 3. The maximum atomic E-state index is 14.1. The highest BCUT2D eigenvalue weighted by Crippen LogP contribution is 2.35. The number of para-hydroxylation sites is 2. The van der Waals surface area contributed by atoms with Crippen molar-refractivity contribution >= 4 is 46.3 Å². The third-order valence-electron chi connectivity index (χ3n) is 8.57. The average Bonchev–Trinajstić information content (AvgIpc) is 3.49. The monoisotopic (exact) mass is 675 g/mol. The standard InChI is InChI=1S/C39H41N5O4S/c1-39(2,42-23-30-20-28-10-5-8-14-34(28)48-30)21-36(45)43-32-25-49-35-15-9-7-13-33(35)44(37(32)46)24-26-16-18-27(19-17-26)31-12-6-4-11-29(31)22-41-38(47)40-3/h4-20,32,42H,21-25H2,1-3H3,(H,43,45)(H2,40,41,47)/t32-/m1/s1. The number of anilines is 1. The summed E-state index contributed by atoms with van der Waals surface area (Å²) in [5, 5.41) is 13.0. The van der Waals surface area contributed by atoms with Crippen LogP contribution in [0.25, 0.3) is 22.1 Å². The van der Waals surface area contributed by atoms with Gasteiger partial charge in [0.05, 0.1) is 18.8 Å². The van der Waals surface area contributed by atoms with Crippen LogP contribution in [0.2, 0.25) is 0 Å². The summed E-state index contributed by atoms with van der Waals surface area (Å²) in [5.74, 6) is 0.896. The van der Waals surface area contributed by atoms with Crippen LogP contribution in [-0.4, -0.2) is 42.2 Å². The maximum absolute atomic E-state index is 14.1. The molecule has 0 bridgehead atoms. The summed E-state index contributed by atoms with van der Waals surface area (Å²) in [6.45, 7) is 5.18. The first-order valence-corrected chi connectivity index (χ1v) is 17.4. The van der Waals surface area contributed by atoms with Crippen molar-refractivity contribution in [3.63, 3.8) is 0 Å². The molecule has 4 aromatic carbocycles. The topological polar surface area (TPSA) is 116 Å². The summed E-state index contributed by atoms with van der Waals surface area (Å²) in [6, 6.07) is 32.9. The van der Waals surface area contributed by atoms with Crippen LogP contribution in [0.1, 0.15) is 37.2 Å². The highest BCUT2D eigenvalue weighted by Gasteiger charge is 2.33. The van der Waals surface area contributed by atoms with E-state index in [4.69, 9.17) is 4.42 Å². The number of rotatable bonds is 11. The van der Waals surface area contributed by atoms with E-state index in [0.29, 0.717) is 25.4 Å². The van der Waals surface area contributed by atoms with Crippen molar-refractivity contribution < 1.29 is 18.8 Å². The minimum absolute atomic E-state index is 0.145. The van der Waals surface area contributed by atoms with Crippen molar-refractivity contribution in [2.24, 2.45) is 0 Å². The number of nitrogens with one attached hydrogen (secondary N) is 4. The van der Waals surface area contributed by atoms with Crippen molar-refractivity contribution in [2.45, 2.75) is 56.4 Å². The van der Waals surface area contributed by atoms with Crippen molar-refractivity contribution in [1.82, 2.24) is 21.3 Å². The van der Waals surface area contributed by atoms with E-state index in [9.17, 15) is 14.4 Å². The zero-order chi connectivity index (χ0) is 34.4. The van der Waals surface area contributed by atoms with Gasteiger partial charge in [-0.05, 0) is 60.4 Å². The van der Waals surface area contributed by atoms with E-state index in [2.05, 4.69) is 21.3 Å². The van der Waals surface area contributed by atoms with Crippen LogP contribution >= 0.6 is 11.8 Å². The SMILES string of the molecule is CNC(=O)NCc1ccccc1-c1ccc(CN2C(=O)[C@H](NC(=O)CC(C)(C)NCc3cc4ccccc4o3)CSc3ccccc32)cc1. The second-order valence-corrected chi connectivity index (χ2v) is 13.8. The number of amides is 4. The molecular weight excluding hydrogens is 635 g/mol. The zero-order valence-electron chi connectivity index (χ0n) is 27.9. The normalized spacial score (nSPS) is 14.6. The van der Waals surface area contributed by atoms with Gasteiger partial charge in [-0.3, -0.25) is 9.59 Å². The molecule has 0 saturated carbocycles. The van der Waals surface area contributed by atoms with Gasteiger partial charge in [-0.1, -0.05) is 78.9 Å². The molecule has 0 fully saturated rings. The second kappa shape index (κ2) is 15.0. The van der Waals surface area contributed by atoms with E-state index in [1.165, 1.54) is 0 Å². The molecule has 9 nitrogen and oxygen atoms in total. The highest BCUT2D eigenvalue weighted by atomic mass is 32.2. The van der Waals surface area contributed by atoms with Gasteiger partial charge >= 0.3 is 6.03 Å². The molecule has 1 aromatic heterocycles. The van der Waals surface area contributed by atoms with E-state index in [1.54, 1.807) is 23.7 Å². The number of furan rings is 1. The van der Waals surface area contributed by atoms with Crippen LogP contribution in [0, 0.1) is 0 Å². The summed E-state index contributed by atoms with van der Waals surface area (Å²) in [6.07, 6.45) is 0.191. The van der Waals surface area contributed by atoms with Crippen LogP contribution in [0.15, 0.2) is 112 Å². The number of hydrogen-bond donors (Lipinski definition) is 4. The molecule has 0 radical (unpaired) electrons. The molecule has 1 atom stereocenters. The Kier molecular flexibility index (Phi) is 10.4. The molecule has 0 spiro atoms. The predicted octanol–water partition coefficient (Wildman–Crippen LogP) is 6.61. The first-order chi connectivity index (χ1) is 23.7. The van der Waals surface area contributed by atoms with Crippen molar-refractivity contribution in [1.29, 1.82) is 0 Å². The Morgan fingerprint density at radius 3 is 2.45 bits per heavy atom. The van der Waals surface area contributed by atoms with Gasteiger partial charge in [-0.15, -0.1) is 11.8 Å². The summed E-state index contributed by atoms with van der Waals surface area (Å²) < 4.78 is 5.93. The van der Waals surface area contributed by atoms with Gasteiger partial charge in [0.2, 0.25) is 5.91 Å². The van der Waals surface area contributed by atoms with Gasteiger partial charge in [0.15, 0.2) is 0 Å². The molecule has 10 heteroatoms. The fourth-order valence-corrected chi connectivity index (χ4v) is 7.04. The lowest BCUT2D eigenvalue weighted by molar-refractivity contribution is -0.127. The third kappa shape index (κ3) is 8.33. The van der Waals surface area contributed by atoms with E-state index in [0.717, 1.165) is 49.6 Å². The first-order valence-electron chi connectivity index (χ1n) is 16.4. The molecule has 4 N–H and O–H groups in total. The fourth-order valence-electron chi connectivity index (χ4n) is 5.97. The molecule has 1 aliphatic rings. The van der Waals surface area contributed by atoms with Gasteiger partial charge in [-0.25, -0.2) is 4.79 Å². The van der Waals surface area contributed by atoms with Crippen molar-refractivity contribution in [3.05, 3.63) is 120 Å². The average molecular weight is 676 g/mol. The third-order valence-corrected chi connectivity index (χ3v) is 9.73. The Labute approximate surface area is 290 Å². The maximum Gasteiger partial charge on any atom is 0.314 e. The van der Waals surface area contributed by atoms with Gasteiger partial charge < -0.3 is 30.6 Å². The minimum atomic E-state index is -0.685. The van der Waals surface area contributed by atoms with Crippen molar-refractivity contribution in [2.75, 3.05) is 17.7 Å². The first kappa shape index (κ1) is 33.8. The van der Waals surface area contributed by atoms with Gasteiger partial charge in [0, 0.05) is 41.6 Å². The summed E-state index contributed by atoms with van der Waals surface area (Å²) >= 11 is 1.58. The van der Waals surface area contributed by atoms with Gasteiger partial charge in [-0.2, -0.15) is 0 Å². The molecule has 2 heterocycles. The molecule has 4 amide bonds. The van der Waals surface area contributed by atoms with Crippen LogP contribution in [0.4, 0.5) is 10.5 Å². The van der Waals surface area contributed by atoms with Crippen LogP contribution in [-0.2, 0) is 29.2 Å². The molecule has 49 heavy (non-hydrogen) atoms. The molecule has 0 saturated heterocycles. The van der Waals surface area contributed by atoms with E-state index >= 15 is 0 Å². The molecule has 0 aliphatic carbocycles. The van der Waals surface area contributed by atoms with E-state index < -0.39 is 11.6 Å². The molecule has 5 aromatic rings. The minimum Gasteiger partial charge on any atom is -0.460 e. The summed E-state index contributed by atoms with van der Waals surface area (Å²) in [5.41, 5.74) is 5.12. The lowest BCUT2D eigenvalue weighted by Crippen LogP contribution is -2.51. The second-order valence-electron chi connectivity index (χ2n) is 12.8. The van der Waals surface area contributed by atoms with Gasteiger partial charge in [0.25, 0.3) is 5.91 Å². The number of urea groups is 1. The summed E-state index contributed by atoms with van der Waals surface area (Å²) in [7, 11) is 1.59. The molecule has 6 rings (SSSR count). The Morgan fingerprint density at radius 2 is 1.65 bits per heavy atom. The lowest BCUT2D eigenvalue weighted by Gasteiger charge is -2.28. The number of nitrogens with zero attached hydrogens (tertiary/aromatic N) is 1. The Bertz CT molecular complexity index is 1920. The quantitative estimate of drug-likeness (QED) is 0.125. The van der Waals surface area contributed by atoms with Crippen LogP contribution in [0.5, 0.6) is 0 Å². The molecule has 252 valence electrons. The molecule has 0 unspecified atom stereocenters. The van der Waals surface area contributed by atoms with Crippen LogP contribution in [0.3, 0.4) is 0 Å². The van der Waals surface area contributed by atoms with Crippen molar-refractivity contribution in [3.8, 4) is 11.1 Å². The molecular formula is C39H41N5O4S.